The number of rotatable bonds is 0. The number of nitrogens with zero attached hydrogens (tertiary/aromatic N) is 2. The van der Waals surface area contributed by atoms with Gasteiger partial charge in [0.25, 0.3) is 5.71 Å². The predicted molar refractivity (Wildman–Crippen MR) is 42.5 cm³/mol. The molecule has 1 aromatic rings. The molecule has 2 heteroatoms. The minimum absolute atomic E-state index is 0.820. The summed E-state index contributed by atoms with van der Waals surface area (Å²) < 4.78 is 0. The van der Waals surface area contributed by atoms with E-state index in [1.54, 1.807) is 0 Å². The first-order valence-electron chi connectivity index (χ1n) is 3.71. The molecule has 0 N–H and O–H groups in total. The Hall–Kier alpha value is -1.40. The smallest absolute Gasteiger partial charge is 0.299 e. The van der Waals surface area contributed by atoms with Crippen molar-refractivity contribution in [3.8, 4) is 0 Å². The van der Waals surface area contributed by atoms with Crippen LogP contribution in [0.3, 0.4) is 0 Å². The van der Waals surface area contributed by atoms with E-state index in [0.717, 1.165) is 24.1 Å². The van der Waals surface area contributed by atoms with E-state index < -0.39 is 0 Å². The van der Waals surface area contributed by atoms with Crippen molar-refractivity contribution < 1.29 is 4.79 Å². The molecule has 0 heterocycles. The van der Waals surface area contributed by atoms with Crippen molar-refractivity contribution in [2.45, 2.75) is 12.8 Å². The van der Waals surface area contributed by atoms with E-state index in [1.807, 2.05) is 18.2 Å². The molecule has 11 heavy (non-hydrogen) atoms. The van der Waals surface area contributed by atoms with E-state index in [4.69, 9.17) is 5.53 Å². The second-order valence-corrected chi connectivity index (χ2v) is 2.70. The second-order valence-electron chi connectivity index (χ2n) is 2.70. The molecule has 54 valence electrons. The van der Waals surface area contributed by atoms with Gasteiger partial charge in [0.15, 0.2) is 0 Å². The molecular weight excluding hydrogens is 136 g/mol. The monoisotopic (exact) mass is 144 g/mol. The molecule has 0 aromatic heterocycles. The van der Waals surface area contributed by atoms with E-state index in [0.29, 0.717) is 0 Å². The molecule has 0 unspecified atom stereocenters. The van der Waals surface area contributed by atoms with Crippen LogP contribution in [-0.4, -0.2) is 10.5 Å². The molecule has 0 fully saturated rings. The Kier molecular flexibility index (Phi) is 1.34. The Morgan fingerprint density at radius 1 is 1.18 bits per heavy atom. The van der Waals surface area contributed by atoms with Gasteiger partial charge in [0.2, 0.25) is 0 Å². The van der Waals surface area contributed by atoms with Crippen LogP contribution < -0.4 is 0 Å². The van der Waals surface area contributed by atoms with Crippen molar-refractivity contribution >= 4 is 5.71 Å². The lowest BCUT2D eigenvalue weighted by atomic mass is 10.1. The third-order valence-electron chi connectivity index (χ3n) is 2.08. The van der Waals surface area contributed by atoms with Gasteiger partial charge in [-0.3, -0.25) is 0 Å². The van der Waals surface area contributed by atoms with Crippen molar-refractivity contribution in [3.05, 3.63) is 40.9 Å². The van der Waals surface area contributed by atoms with Crippen LogP contribution in [0.5, 0.6) is 0 Å². The first-order valence-corrected chi connectivity index (χ1v) is 3.71. The van der Waals surface area contributed by atoms with Gasteiger partial charge in [0.1, 0.15) is 0 Å². The Labute approximate surface area is 65.1 Å². The van der Waals surface area contributed by atoms with Crippen LogP contribution >= 0.6 is 0 Å². The van der Waals surface area contributed by atoms with E-state index in [2.05, 4.69) is 10.9 Å². The van der Waals surface area contributed by atoms with Crippen molar-refractivity contribution in [2.75, 3.05) is 0 Å². The van der Waals surface area contributed by atoms with Crippen LogP contribution in [0.25, 0.3) is 5.53 Å². The Morgan fingerprint density at radius 3 is 2.82 bits per heavy atom. The molecule has 2 nitrogen and oxygen atoms in total. The number of hydrogen-bond acceptors (Lipinski definition) is 0. The zero-order valence-electron chi connectivity index (χ0n) is 6.12. The summed E-state index contributed by atoms with van der Waals surface area (Å²) in [6.45, 7) is 0. The highest BCUT2D eigenvalue weighted by molar-refractivity contribution is 6.00. The largest absolute Gasteiger partial charge is 0.361 e. The third-order valence-corrected chi connectivity index (χ3v) is 2.08. The molecule has 0 atom stereocenters. The van der Waals surface area contributed by atoms with Gasteiger partial charge < -0.3 is 5.53 Å². The van der Waals surface area contributed by atoms with Gasteiger partial charge in [-0.2, -0.15) is 4.79 Å². The Morgan fingerprint density at radius 2 is 2.00 bits per heavy atom. The SMILES string of the molecule is [N-]=[N+]=C1CCc2ccccc21. The number of hydrogen-bond donors (Lipinski definition) is 0. The third kappa shape index (κ3) is 0.883. The lowest BCUT2D eigenvalue weighted by Gasteiger charge is -1.90. The average Bonchev–Trinajstić information content (AvgIpc) is 2.47. The molecule has 0 aliphatic heterocycles. The first kappa shape index (κ1) is 6.32. The summed E-state index contributed by atoms with van der Waals surface area (Å²) in [5.41, 5.74) is 11.8. The van der Waals surface area contributed by atoms with E-state index >= 15 is 0 Å². The highest BCUT2D eigenvalue weighted by atomic mass is 14.9. The maximum atomic E-state index is 8.60. The molecule has 1 aromatic carbocycles. The van der Waals surface area contributed by atoms with Crippen LogP contribution in [0.15, 0.2) is 24.3 Å². The quantitative estimate of drug-likeness (QED) is 0.392. The van der Waals surface area contributed by atoms with E-state index in [-0.39, 0.29) is 0 Å². The maximum absolute atomic E-state index is 8.60. The van der Waals surface area contributed by atoms with Crippen molar-refractivity contribution in [1.82, 2.24) is 0 Å². The lowest BCUT2D eigenvalue weighted by molar-refractivity contribution is -0.00604. The van der Waals surface area contributed by atoms with E-state index in [1.165, 1.54) is 5.56 Å². The summed E-state index contributed by atoms with van der Waals surface area (Å²) in [6, 6.07) is 8.05. The summed E-state index contributed by atoms with van der Waals surface area (Å²) in [5.74, 6) is 0. The molecule has 0 amide bonds. The van der Waals surface area contributed by atoms with Crippen molar-refractivity contribution in [1.29, 1.82) is 0 Å². The van der Waals surface area contributed by atoms with Gasteiger partial charge in [0, 0.05) is 0 Å². The molecule has 0 saturated carbocycles. The summed E-state index contributed by atoms with van der Waals surface area (Å²) in [7, 11) is 0. The fourth-order valence-corrected chi connectivity index (χ4v) is 1.51. The second kappa shape index (κ2) is 2.33. The molecule has 2 rings (SSSR count). The Balaban J connectivity index is 2.64. The van der Waals surface area contributed by atoms with Crippen molar-refractivity contribution in [2.24, 2.45) is 0 Å². The van der Waals surface area contributed by atoms with Gasteiger partial charge in [-0.25, -0.2) is 0 Å². The molecule has 1 aliphatic carbocycles. The van der Waals surface area contributed by atoms with E-state index in [9.17, 15) is 0 Å². The molecule has 0 radical (unpaired) electrons. The number of aryl methyl sites for hydroxylation is 1. The van der Waals surface area contributed by atoms with Crippen LogP contribution in [0.1, 0.15) is 17.5 Å². The minimum atomic E-state index is 0.820. The molecule has 0 bridgehead atoms. The zero-order chi connectivity index (χ0) is 7.68. The molecular formula is C9H8N2. The standard InChI is InChI=1S/C9H8N2/c10-11-9-6-5-7-3-1-2-4-8(7)9/h1-4H,5-6H2. The number of fused-ring (bicyclic) bond motifs is 1. The average molecular weight is 144 g/mol. The number of benzene rings is 1. The van der Waals surface area contributed by atoms with Crippen LogP contribution in [-0.2, 0) is 6.42 Å². The molecule has 0 spiro atoms. The topological polar surface area (TPSA) is 36.4 Å². The van der Waals surface area contributed by atoms with Gasteiger partial charge >= 0.3 is 0 Å². The predicted octanol–water partition coefficient (Wildman–Crippen LogP) is 1.65. The molecule has 0 saturated heterocycles. The normalized spacial score (nSPS) is 14.4. The fraction of sp³-hybridized carbons (Fsp3) is 0.222. The summed E-state index contributed by atoms with van der Waals surface area (Å²) in [5, 5.41) is 0. The highest BCUT2D eigenvalue weighted by Crippen LogP contribution is 2.20. The van der Waals surface area contributed by atoms with Gasteiger partial charge in [-0.15, -0.1) is 0 Å². The molecule has 1 aliphatic rings. The fourth-order valence-electron chi connectivity index (χ4n) is 1.51. The van der Waals surface area contributed by atoms with Gasteiger partial charge in [0.05, 0.1) is 12.0 Å². The van der Waals surface area contributed by atoms with Crippen molar-refractivity contribution in [3.63, 3.8) is 0 Å². The minimum Gasteiger partial charge on any atom is -0.361 e. The maximum Gasteiger partial charge on any atom is 0.299 e. The summed E-state index contributed by atoms with van der Waals surface area (Å²) in [4.78, 5) is 3.25. The van der Waals surface area contributed by atoms with Crippen LogP contribution in [0, 0.1) is 0 Å². The summed E-state index contributed by atoms with van der Waals surface area (Å²) in [6.07, 6.45) is 1.88. The Bertz CT molecular complexity index is 335. The first-order chi connectivity index (χ1) is 5.42. The highest BCUT2D eigenvalue weighted by Gasteiger charge is 2.22. The van der Waals surface area contributed by atoms with Gasteiger partial charge in [-0.1, -0.05) is 18.2 Å². The zero-order valence-corrected chi connectivity index (χ0v) is 6.12. The van der Waals surface area contributed by atoms with Gasteiger partial charge in [-0.05, 0) is 18.1 Å². The lowest BCUT2D eigenvalue weighted by Crippen LogP contribution is -1.93. The summed E-state index contributed by atoms with van der Waals surface area (Å²) >= 11 is 0. The van der Waals surface area contributed by atoms with Crippen LogP contribution in [0.2, 0.25) is 0 Å². The van der Waals surface area contributed by atoms with Crippen LogP contribution in [0.4, 0.5) is 0 Å².